The van der Waals surface area contributed by atoms with E-state index in [9.17, 15) is 4.79 Å². The Labute approximate surface area is 161 Å². The maximum atomic E-state index is 12.6. The first-order valence-electron chi connectivity index (χ1n) is 8.92. The number of rotatable bonds is 5. The first-order valence-corrected chi connectivity index (χ1v) is 10.8. The zero-order chi connectivity index (χ0) is 17.8. The lowest BCUT2D eigenvalue weighted by Crippen LogP contribution is -2.39. The van der Waals surface area contributed by atoms with Gasteiger partial charge in [-0.3, -0.25) is 4.79 Å². The summed E-state index contributed by atoms with van der Waals surface area (Å²) in [5.41, 5.74) is 1.40. The van der Waals surface area contributed by atoms with Crippen LogP contribution in [0, 0.1) is 5.92 Å². The highest BCUT2D eigenvalue weighted by atomic mass is 32.2. The fourth-order valence-corrected chi connectivity index (χ4v) is 5.12. The minimum atomic E-state index is 0.218. The monoisotopic (exact) mass is 383 g/mol. The second-order valence-corrected chi connectivity index (χ2v) is 8.48. The number of piperidine rings is 1. The molecule has 0 atom stereocenters. The fourth-order valence-electron chi connectivity index (χ4n) is 3.44. The number of fused-ring (bicyclic) bond motifs is 1. The molecule has 0 unspecified atom stereocenters. The molecule has 1 aliphatic heterocycles. The van der Waals surface area contributed by atoms with Gasteiger partial charge in [0.05, 0.1) is 5.75 Å². The molecule has 1 saturated heterocycles. The van der Waals surface area contributed by atoms with E-state index in [1.54, 1.807) is 17.7 Å². The van der Waals surface area contributed by atoms with Gasteiger partial charge in [0.1, 0.15) is 16.2 Å². The van der Waals surface area contributed by atoms with Crippen LogP contribution in [0.4, 0.5) is 0 Å². The van der Waals surface area contributed by atoms with Crippen molar-refractivity contribution in [3.63, 3.8) is 0 Å². The molecule has 0 N–H and O–H groups in total. The third-order valence-corrected chi connectivity index (χ3v) is 6.70. The molecule has 3 heterocycles. The summed E-state index contributed by atoms with van der Waals surface area (Å²) in [7, 11) is 0. The minimum absolute atomic E-state index is 0.218. The van der Waals surface area contributed by atoms with Crippen molar-refractivity contribution in [1.82, 2.24) is 14.9 Å². The molecule has 0 spiro atoms. The molecular weight excluding hydrogens is 362 g/mol. The topological polar surface area (TPSA) is 46.1 Å². The molecular formula is C20H21N3OS2. The summed E-state index contributed by atoms with van der Waals surface area (Å²) >= 11 is 3.13. The molecule has 1 aliphatic rings. The SMILES string of the molecule is O=C(CSc1ncnc2sccc12)N1CCC(Cc2ccccc2)CC1. The third-order valence-electron chi connectivity index (χ3n) is 4.89. The number of benzene rings is 1. The summed E-state index contributed by atoms with van der Waals surface area (Å²) in [6.45, 7) is 1.74. The largest absolute Gasteiger partial charge is 0.342 e. The molecule has 0 saturated carbocycles. The summed E-state index contributed by atoms with van der Waals surface area (Å²) in [4.78, 5) is 24.2. The molecule has 0 radical (unpaired) electrons. The van der Waals surface area contributed by atoms with Crippen molar-refractivity contribution < 1.29 is 4.79 Å². The van der Waals surface area contributed by atoms with Crippen LogP contribution in [0.15, 0.2) is 53.1 Å². The molecule has 1 amide bonds. The average molecular weight is 384 g/mol. The third kappa shape index (κ3) is 4.07. The number of hydrogen-bond donors (Lipinski definition) is 0. The summed E-state index contributed by atoms with van der Waals surface area (Å²) in [5, 5.41) is 3.98. The number of carbonyl (C=O) groups excluding carboxylic acids is 1. The van der Waals surface area contributed by atoms with E-state index in [1.165, 1.54) is 17.3 Å². The second-order valence-electron chi connectivity index (χ2n) is 6.62. The first kappa shape index (κ1) is 17.5. The molecule has 0 bridgehead atoms. The Morgan fingerprint density at radius 1 is 1.15 bits per heavy atom. The Kier molecular flexibility index (Phi) is 5.51. The van der Waals surface area contributed by atoms with Crippen molar-refractivity contribution >= 4 is 39.2 Å². The number of amides is 1. The van der Waals surface area contributed by atoms with E-state index < -0.39 is 0 Å². The van der Waals surface area contributed by atoms with Gasteiger partial charge in [0.25, 0.3) is 0 Å². The zero-order valence-electron chi connectivity index (χ0n) is 14.5. The summed E-state index contributed by atoms with van der Waals surface area (Å²) in [5.74, 6) is 1.35. The number of likely N-dealkylation sites (tertiary alicyclic amines) is 1. The highest BCUT2D eigenvalue weighted by Crippen LogP contribution is 2.28. The van der Waals surface area contributed by atoms with Crippen LogP contribution in [0.3, 0.4) is 0 Å². The van der Waals surface area contributed by atoms with Crippen molar-refractivity contribution in [2.24, 2.45) is 5.92 Å². The van der Waals surface area contributed by atoms with Crippen LogP contribution >= 0.6 is 23.1 Å². The molecule has 6 heteroatoms. The summed E-state index contributed by atoms with van der Waals surface area (Å²) in [6, 6.07) is 12.7. The highest BCUT2D eigenvalue weighted by molar-refractivity contribution is 8.00. The van der Waals surface area contributed by atoms with E-state index in [4.69, 9.17) is 0 Å². The molecule has 2 aromatic heterocycles. The number of aromatic nitrogens is 2. The van der Waals surface area contributed by atoms with Gasteiger partial charge in [-0.2, -0.15) is 0 Å². The predicted molar refractivity (Wildman–Crippen MR) is 108 cm³/mol. The zero-order valence-corrected chi connectivity index (χ0v) is 16.1. The van der Waals surface area contributed by atoms with Crippen molar-refractivity contribution in [3.8, 4) is 0 Å². The van der Waals surface area contributed by atoms with Crippen LogP contribution in [0.1, 0.15) is 18.4 Å². The normalized spacial score (nSPS) is 15.5. The van der Waals surface area contributed by atoms with E-state index in [0.717, 1.165) is 47.6 Å². The van der Waals surface area contributed by atoms with E-state index in [0.29, 0.717) is 11.7 Å². The van der Waals surface area contributed by atoms with Crippen LogP contribution in [0.2, 0.25) is 0 Å². The van der Waals surface area contributed by atoms with Gasteiger partial charge in [-0.25, -0.2) is 9.97 Å². The average Bonchev–Trinajstić information content (AvgIpc) is 3.17. The molecule has 4 rings (SSSR count). The van der Waals surface area contributed by atoms with Crippen molar-refractivity contribution in [2.75, 3.05) is 18.8 Å². The molecule has 1 aromatic carbocycles. The number of thioether (sulfide) groups is 1. The van der Waals surface area contributed by atoms with Gasteiger partial charge in [-0.05, 0) is 42.2 Å². The molecule has 4 nitrogen and oxygen atoms in total. The summed E-state index contributed by atoms with van der Waals surface area (Å²) < 4.78 is 0. The molecule has 26 heavy (non-hydrogen) atoms. The van der Waals surface area contributed by atoms with Crippen LogP contribution in [0.25, 0.3) is 10.2 Å². The van der Waals surface area contributed by atoms with Crippen molar-refractivity contribution in [3.05, 3.63) is 53.7 Å². The maximum absolute atomic E-state index is 12.6. The first-order chi connectivity index (χ1) is 12.8. The van der Waals surface area contributed by atoms with Gasteiger partial charge in [-0.15, -0.1) is 11.3 Å². The van der Waals surface area contributed by atoms with E-state index >= 15 is 0 Å². The molecule has 1 fully saturated rings. The van der Waals surface area contributed by atoms with Crippen LogP contribution < -0.4 is 0 Å². The maximum Gasteiger partial charge on any atom is 0.232 e. The standard InChI is InChI=1S/C20H21N3OS2/c24-18(13-26-20-17-8-11-25-19(17)21-14-22-20)23-9-6-16(7-10-23)12-15-4-2-1-3-5-15/h1-5,8,11,14,16H,6-7,9-10,12-13H2. The number of thiophene rings is 1. The van der Waals surface area contributed by atoms with Gasteiger partial charge < -0.3 is 4.90 Å². The Morgan fingerprint density at radius 3 is 2.77 bits per heavy atom. The smallest absolute Gasteiger partial charge is 0.232 e. The van der Waals surface area contributed by atoms with Gasteiger partial charge >= 0.3 is 0 Å². The van der Waals surface area contributed by atoms with Crippen LogP contribution in [-0.2, 0) is 11.2 Å². The second kappa shape index (κ2) is 8.18. The lowest BCUT2D eigenvalue weighted by atomic mass is 9.90. The number of nitrogens with zero attached hydrogens (tertiary/aromatic N) is 3. The van der Waals surface area contributed by atoms with E-state index in [-0.39, 0.29) is 5.91 Å². The van der Waals surface area contributed by atoms with E-state index in [1.807, 2.05) is 16.3 Å². The fraction of sp³-hybridized carbons (Fsp3) is 0.350. The predicted octanol–water partition coefficient (Wildman–Crippen LogP) is 4.26. The Bertz CT molecular complexity index is 873. The minimum Gasteiger partial charge on any atom is -0.342 e. The van der Waals surface area contributed by atoms with Gasteiger partial charge in [-0.1, -0.05) is 42.1 Å². The van der Waals surface area contributed by atoms with Gasteiger partial charge in [0.15, 0.2) is 0 Å². The van der Waals surface area contributed by atoms with Crippen molar-refractivity contribution in [1.29, 1.82) is 0 Å². The van der Waals surface area contributed by atoms with Crippen LogP contribution in [-0.4, -0.2) is 39.6 Å². The number of hydrogen-bond acceptors (Lipinski definition) is 5. The molecule has 3 aromatic rings. The lowest BCUT2D eigenvalue weighted by molar-refractivity contribution is -0.129. The Balaban J connectivity index is 1.28. The summed E-state index contributed by atoms with van der Waals surface area (Å²) in [6.07, 6.45) is 4.89. The van der Waals surface area contributed by atoms with E-state index in [2.05, 4.69) is 40.3 Å². The lowest BCUT2D eigenvalue weighted by Gasteiger charge is -2.32. The molecule has 0 aliphatic carbocycles. The Morgan fingerprint density at radius 2 is 1.96 bits per heavy atom. The quantitative estimate of drug-likeness (QED) is 0.488. The van der Waals surface area contributed by atoms with Gasteiger partial charge in [0.2, 0.25) is 5.91 Å². The highest BCUT2D eigenvalue weighted by Gasteiger charge is 2.23. The number of carbonyl (C=O) groups is 1. The Hall–Kier alpha value is -1.92. The van der Waals surface area contributed by atoms with Gasteiger partial charge in [0, 0.05) is 18.5 Å². The van der Waals surface area contributed by atoms with Crippen LogP contribution in [0.5, 0.6) is 0 Å². The van der Waals surface area contributed by atoms with Crippen molar-refractivity contribution in [2.45, 2.75) is 24.3 Å². The molecule has 134 valence electrons.